The first-order valence-corrected chi connectivity index (χ1v) is 19.1. The molecule has 0 fully saturated rings. The molecule has 3 heteroatoms. The van der Waals surface area contributed by atoms with Gasteiger partial charge in [-0.05, 0) is 92.0 Å². The molecule has 1 aromatic heterocycles. The third kappa shape index (κ3) is 5.25. The van der Waals surface area contributed by atoms with Gasteiger partial charge in [0, 0.05) is 27.7 Å². The van der Waals surface area contributed by atoms with Crippen LogP contribution in [0.1, 0.15) is 0 Å². The molecular weight excluding hydrogens is 679 g/mol. The predicted molar refractivity (Wildman–Crippen MR) is 237 cm³/mol. The van der Waals surface area contributed by atoms with Gasteiger partial charge in [-0.1, -0.05) is 164 Å². The fraction of sp³-hybridized carbons (Fsp3) is 0. The average Bonchev–Trinajstić information content (AvgIpc) is 3.67. The Morgan fingerprint density at radius 2 is 0.875 bits per heavy atom. The molecule has 0 amide bonds. The van der Waals surface area contributed by atoms with Crippen LogP contribution in [0, 0.1) is 0 Å². The second-order valence-electron chi connectivity index (χ2n) is 14.4. The summed E-state index contributed by atoms with van der Waals surface area (Å²) in [5, 5.41) is 9.84. The van der Waals surface area contributed by atoms with Gasteiger partial charge in [0.1, 0.15) is 5.82 Å². The minimum absolute atomic E-state index is 0.931. The quantitative estimate of drug-likeness (QED) is 0.160. The van der Waals surface area contributed by atoms with Crippen molar-refractivity contribution in [1.29, 1.82) is 0 Å². The van der Waals surface area contributed by atoms with Crippen LogP contribution in [0.5, 0.6) is 0 Å². The molecule has 11 rings (SSSR count). The van der Waals surface area contributed by atoms with E-state index in [0.29, 0.717) is 0 Å². The molecule has 0 saturated heterocycles. The second kappa shape index (κ2) is 13.1. The van der Waals surface area contributed by atoms with Crippen LogP contribution in [0.2, 0.25) is 0 Å². The zero-order chi connectivity index (χ0) is 37.0. The number of nitrogens with zero attached hydrogens (tertiary/aromatic N) is 3. The van der Waals surface area contributed by atoms with Crippen LogP contribution < -0.4 is 4.90 Å². The van der Waals surface area contributed by atoms with Gasteiger partial charge in [-0.3, -0.25) is 4.57 Å². The fourth-order valence-corrected chi connectivity index (χ4v) is 8.54. The fourth-order valence-electron chi connectivity index (χ4n) is 8.54. The molecular formula is C53H35N3. The molecule has 0 spiro atoms. The molecule has 0 bridgehead atoms. The van der Waals surface area contributed by atoms with Crippen molar-refractivity contribution in [3.8, 4) is 28.2 Å². The first-order chi connectivity index (χ1) is 27.8. The van der Waals surface area contributed by atoms with Crippen LogP contribution >= 0.6 is 0 Å². The lowest BCUT2D eigenvalue weighted by atomic mass is 9.96. The molecule has 0 radical (unpaired) electrons. The van der Waals surface area contributed by atoms with E-state index in [1.165, 1.54) is 43.1 Å². The second-order valence-corrected chi connectivity index (χ2v) is 14.4. The molecule has 0 unspecified atom stereocenters. The van der Waals surface area contributed by atoms with Crippen LogP contribution in [0.3, 0.4) is 0 Å². The zero-order valence-electron chi connectivity index (χ0n) is 30.5. The van der Waals surface area contributed by atoms with Crippen molar-refractivity contribution < 1.29 is 0 Å². The Morgan fingerprint density at radius 3 is 1.52 bits per heavy atom. The Hall–Kier alpha value is -7.49. The summed E-state index contributed by atoms with van der Waals surface area (Å²) in [4.78, 5) is 7.55. The number of fused-ring (bicyclic) bond motifs is 7. The van der Waals surface area contributed by atoms with Crippen molar-refractivity contribution in [2.45, 2.75) is 0 Å². The largest absolute Gasteiger partial charge is 0.309 e. The highest BCUT2D eigenvalue weighted by Gasteiger charge is 2.21. The van der Waals surface area contributed by atoms with Crippen LogP contribution in [-0.4, -0.2) is 9.55 Å². The number of rotatable bonds is 6. The number of benzene rings is 10. The van der Waals surface area contributed by atoms with Crippen LogP contribution in [0.15, 0.2) is 212 Å². The Bertz CT molecular complexity index is 3130. The van der Waals surface area contributed by atoms with E-state index in [4.69, 9.17) is 4.98 Å². The van der Waals surface area contributed by atoms with Crippen LogP contribution in [-0.2, 0) is 0 Å². The monoisotopic (exact) mass is 713 g/mol. The van der Waals surface area contributed by atoms with E-state index in [9.17, 15) is 0 Å². The summed E-state index contributed by atoms with van der Waals surface area (Å²) in [5.74, 6) is 0.931. The number of aromatic nitrogens is 2. The van der Waals surface area contributed by atoms with Crippen LogP contribution in [0.25, 0.3) is 82.3 Å². The molecule has 1 heterocycles. The van der Waals surface area contributed by atoms with Crippen molar-refractivity contribution in [2.24, 2.45) is 0 Å². The number of para-hydroxylation sites is 2. The van der Waals surface area contributed by atoms with Gasteiger partial charge in [-0.2, -0.15) is 0 Å². The average molecular weight is 714 g/mol. The van der Waals surface area contributed by atoms with E-state index >= 15 is 0 Å². The van der Waals surface area contributed by atoms with E-state index in [1.54, 1.807) is 0 Å². The van der Waals surface area contributed by atoms with E-state index in [0.717, 1.165) is 56.3 Å². The maximum atomic E-state index is 5.09. The van der Waals surface area contributed by atoms with Gasteiger partial charge in [0.05, 0.1) is 22.4 Å². The first kappa shape index (κ1) is 32.0. The highest BCUT2D eigenvalue weighted by atomic mass is 15.1. The molecule has 0 aliphatic rings. The van der Waals surface area contributed by atoms with E-state index in [2.05, 4.69) is 216 Å². The van der Waals surface area contributed by atoms with Crippen LogP contribution in [0.4, 0.5) is 17.1 Å². The van der Waals surface area contributed by atoms with Crippen molar-refractivity contribution in [3.05, 3.63) is 212 Å². The standard InChI is InChI=1S/C53H35N3/c1-2-15-37(16-3-1)53-54-49-27-12-13-28-50(49)56(53)42-20-14-19-38(33-42)36-29-31-41(32-30-36)55(51-34-39-17-4-6-21-43(39)45-23-8-10-25-47(45)51)52-35-40-18-5-7-22-44(40)46-24-9-11-26-48(46)52/h1-35H. The summed E-state index contributed by atoms with van der Waals surface area (Å²) < 4.78 is 2.28. The Kier molecular flexibility index (Phi) is 7.49. The third-order valence-corrected chi connectivity index (χ3v) is 11.1. The minimum atomic E-state index is 0.931. The van der Waals surface area contributed by atoms with Gasteiger partial charge >= 0.3 is 0 Å². The first-order valence-electron chi connectivity index (χ1n) is 19.1. The number of hydrogen-bond acceptors (Lipinski definition) is 2. The SMILES string of the molecule is c1ccc(-c2nc3ccccc3n2-c2cccc(-c3ccc(N(c4cc5ccccc5c5ccccc45)c4cc5ccccc5c5ccccc45)cc3)c2)cc1. The number of imidazole rings is 1. The van der Waals surface area contributed by atoms with E-state index < -0.39 is 0 Å². The normalized spacial score (nSPS) is 11.6. The molecule has 0 aliphatic carbocycles. The molecule has 0 saturated carbocycles. The summed E-state index contributed by atoms with van der Waals surface area (Å²) in [6.45, 7) is 0. The van der Waals surface area contributed by atoms with Crippen molar-refractivity contribution in [2.75, 3.05) is 4.90 Å². The Labute approximate surface area is 325 Å². The minimum Gasteiger partial charge on any atom is -0.309 e. The third-order valence-electron chi connectivity index (χ3n) is 11.1. The Balaban J connectivity index is 1.10. The lowest BCUT2D eigenvalue weighted by molar-refractivity contribution is 1.10. The van der Waals surface area contributed by atoms with E-state index in [-0.39, 0.29) is 0 Å². The molecule has 11 aromatic rings. The summed E-state index contributed by atoms with van der Waals surface area (Å²) in [6, 6.07) is 76.5. The smallest absolute Gasteiger partial charge is 0.145 e. The molecule has 0 aliphatic heterocycles. The number of anilines is 3. The molecule has 0 atom stereocenters. The van der Waals surface area contributed by atoms with Crippen molar-refractivity contribution >= 4 is 71.2 Å². The van der Waals surface area contributed by atoms with Gasteiger partial charge in [0.25, 0.3) is 0 Å². The summed E-state index contributed by atoms with van der Waals surface area (Å²) >= 11 is 0. The van der Waals surface area contributed by atoms with Gasteiger partial charge < -0.3 is 4.90 Å². The van der Waals surface area contributed by atoms with Gasteiger partial charge in [-0.15, -0.1) is 0 Å². The van der Waals surface area contributed by atoms with Gasteiger partial charge in [0.2, 0.25) is 0 Å². The maximum Gasteiger partial charge on any atom is 0.145 e. The highest BCUT2D eigenvalue weighted by molar-refractivity contribution is 6.18. The Morgan fingerprint density at radius 1 is 0.357 bits per heavy atom. The molecule has 262 valence electrons. The maximum absolute atomic E-state index is 5.09. The number of hydrogen-bond donors (Lipinski definition) is 0. The lowest BCUT2D eigenvalue weighted by Gasteiger charge is -2.29. The van der Waals surface area contributed by atoms with Crippen molar-refractivity contribution in [3.63, 3.8) is 0 Å². The topological polar surface area (TPSA) is 21.1 Å². The van der Waals surface area contributed by atoms with E-state index in [1.807, 2.05) is 6.07 Å². The zero-order valence-corrected chi connectivity index (χ0v) is 30.5. The predicted octanol–water partition coefficient (Wildman–Crippen LogP) is 14.4. The summed E-state index contributed by atoms with van der Waals surface area (Å²) in [6.07, 6.45) is 0. The molecule has 0 N–H and O–H groups in total. The van der Waals surface area contributed by atoms with Gasteiger partial charge in [0.15, 0.2) is 0 Å². The molecule has 3 nitrogen and oxygen atoms in total. The summed E-state index contributed by atoms with van der Waals surface area (Å²) in [7, 11) is 0. The van der Waals surface area contributed by atoms with Gasteiger partial charge in [-0.25, -0.2) is 4.98 Å². The summed E-state index contributed by atoms with van der Waals surface area (Å²) in [5.41, 5.74) is 9.90. The lowest BCUT2D eigenvalue weighted by Crippen LogP contribution is -2.11. The molecule has 56 heavy (non-hydrogen) atoms. The highest BCUT2D eigenvalue weighted by Crippen LogP contribution is 2.46. The van der Waals surface area contributed by atoms with Crippen molar-refractivity contribution in [1.82, 2.24) is 9.55 Å². The molecule has 10 aromatic carbocycles.